The fraction of sp³-hybridized carbons (Fsp3) is 0.115. The number of carbonyl (C=O) groups is 2. The minimum atomic E-state index is -0.715. The van der Waals surface area contributed by atoms with Crippen LogP contribution in [0, 0.1) is 17.0 Å². The highest BCUT2D eigenvalue weighted by atomic mass is 32.2. The van der Waals surface area contributed by atoms with Crippen LogP contribution < -0.4 is 0 Å². The lowest BCUT2D eigenvalue weighted by Gasteiger charge is -2.09. The minimum absolute atomic E-state index is 0.0542. The van der Waals surface area contributed by atoms with Crippen LogP contribution in [0.1, 0.15) is 37.7 Å². The number of nitro groups is 1. The summed E-state index contributed by atoms with van der Waals surface area (Å²) in [6, 6.07) is 19.8. The normalized spacial score (nSPS) is 10.7. The van der Waals surface area contributed by atoms with Crippen LogP contribution in [0.15, 0.2) is 82.1 Å². The Morgan fingerprint density at radius 3 is 2.40 bits per heavy atom. The Labute approximate surface area is 205 Å². The second-order valence-corrected chi connectivity index (χ2v) is 8.33. The summed E-state index contributed by atoms with van der Waals surface area (Å²) in [5.41, 5.74) is 1.34. The highest BCUT2D eigenvalue weighted by Gasteiger charge is 2.23. The van der Waals surface area contributed by atoms with Crippen molar-refractivity contribution in [2.75, 3.05) is 6.26 Å². The van der Waals surface area contributed by atoms with Crippen LogP contribution in [0.4, 0.5) is 5.69 Å². The topological polar surface area (TPSA) is 113 Å². The largest absolute Gasteiger partial charge is 0.455 e. The highest BCUT2D eigenvalue weighted by molar-refractivity contribution is 7.98. The first-order chi connectivity index (χ1) is 16.9. The molecule has 0 atom stereocenters. The molecule has 9 heteroatoms. The molecule has 0 aliphatic carbocycles. The number of ketones is 1. The van der Waals surface area contributed by atoms with E-state index in [0.29, 0.717) is 22.2 Å². The number of nitro benzene ring substituents is 1. The summed E-state index contributed by atoms with van der Waals surface area (Å²) in [5, 5.41) is 11.4. The second-order valence-electron chi connectivity index (χ2n) is 7.48. The number of hydrogen-bond acceptors (Lipinski definition) is 8. The molecule has 8 nitrogen and oxygen atoms in total. The van der Waals surface area contributed by atoms with Crippen LogP contribution in [-0.2, 0) is 11.3 Å². The van der Waals surface area contributed by atoms with Crippen LogP contribution in [0.2, 0.25) is 0 Å². The Morgan fingerprint density at radius 2 is 1.71 bits per heavy atom. The zero-order valence-electron chi connectivity index (χ0n) is 18.9. The molecule has 35 heavy (non-hydrogen) atoms. The summed E-state index contributed by atoms with van der Waals surface area (Å²) >= 11 is 1.21. The molecule has 4 rings (SSSR count). The fourth-order valence-electron chi connectivity index (χ4n) is 3.47. The predicted octanol–water partition coefficient (Wildman–Crippen LogP) is 5.87. The van der Waals surface area contributed by atoms with E-state index in [1.807, 2.05) is 30.3 Å². The molecule has 0 fully saturated rings. The van der Waals surface area contributed by atoms with Gasteiger partial charge in [0.2, 0.25) is 5.89 Å². The molecule has 0 spiro atoms. The smallest absolute Gasteiger partial charge is 0.339 e. The lowest BCUT2D eigenvalue weighted by atomic mass is 9.98. The number of esters is 1. The molecule has 3 aromatic carbocycles. The Morgan fingerprint density at radius 1 is 1.03 bits per heavy atom. The third kappa shape index (κ3) is 5.15. The molecular formula is C26H20N2O6S. The maximum atomic E-state index is 13.2. The third-order valence-electron chi connectivity index (χ3n) is 5.28. The average Bonchev–Trinajstić information content (AvgIpc) is 3.27. The molecule has 1 aromatic heterocycles. The van der Waals surface area contributed by atoms with Gasteiger partial charge in [-0.25, -0.2) is 9.78 Å². The Kier molecular flexibility index (Phi) is 7.07. The first-order valence-corrected chi connectivity index (χ1v) is 11.8. The summed E-state index contributed by atoms with van der Waals surface area (Å²) in [6.07, 6.45) is 1.72. The van der Waals surface area contributed by atoms with Gasteiger partial charge in [-0.3, -0.25) is 14.9 Å². The Balaban J connectivity index is 1.55. The number of rotatable bonds is 8. The number of aromatic nitrogens is 1. The quantitative estimate of drug-likeness (QED) is 0.0995. The van der Waals surface area contributed by atoms with Gasteiger partial charge in [0.05, 0.1) is 15.4 Å². The lowest BCUT2D eigenvalue weighted by Crippen LogP contribution is -2.13. The average molecular weight is 489 g/mol. The molecule has 0 aliphatic heterocycles. The molecule has 0 saturated carbocycles. The molecular weight excluding hydrogens is 468 g/mol. The van der Waals surface area contributed by atoms with Crippen molar-refractivity contribution in [3.8, 4) is 11.5 Å². The zero-order valence-corrected chi connectivity index (χ0v) is 19.7. The summed E-state index contributed by atoms with van der Waals surface area (Å²) in [6.45, 7) is 1.59. The van der Waals surface area contributed by atoms with Crippen molar-refractivity contribution in [2.24, 2.45) is 0 Å². The standard InChI is InChI=1S/C26H20N2O6S/c1-16-21(27-25(34-16)17-8-4-3-5-9-17)15-33-26(30)20-11-7-6-10-19(20)24(29)18-12-13-23(35-2)22(14-18)28(31)32/h3-14H,15H2,1-2H3. The number of nitrogens with zero attached hydrogens (tertiary/aromatic N) is 2. The molecule has 0 N–H and O–H groups in total. The van der Waals surface area contributed by atoms with Crippen molar-refractivity contribution in [1.82, 2.24) is 4.98 Å². The molecule has 0 radical (unpaired) electrons. The van der Waals surface area contributed by atoms with Gasteiger partial charge in [-0.1, -0.05) is 36.4 Å². The first-order valence-electron chi connectivity index (χ1n) is 10.5. The van der Waals surface area contributed by atoms with Gasteiger partial charge in [0.15, 0.2) is 5.78 Å². The van der Waals surface area contributed by atoms with E-state index in [2.05, 4.69) is 4.98 Å². The molecule has 4 aromatic rings. The lowest BCUT2D eigenvalue weighted by molar-refractivity contribution is -0.387. The number of oxazole rings is 1. The number of benzene rings is 3. The third-order valence-corrected chi connectivity index (χ3v) is 6.07. The van der Waals surface area contributed by atoms with E-state index in [4.69, 9.17) is 9.15 Å². The van der Waals surface area contributed by atoms with E-state index >= 15 is 0 Å². The van der Waals surface area contributed by atoms with E-state index in [-0.39, 0.29) is 29.0 Å². The number of ether oxygens (including phenoxy) is 1. The van der Waals surface area contributed by atoms with E-state index in [9.17, 15) is 19.7 Å². The Bertz CT molecular complexity index is 1410. The van der Waals surface area contributed by atoms with Gasteiger partial charge >= 0.3 is 5.97 Å². The first kappa shape index (κ1) is 23.9. The number of hydrogen-bond donors (Lipinski definition) is 0. The van der Waals surface area contributed by atoms with Gasteiger partial charge in [0.1, 0.15) is 18.1 Å². The van der Waals surface area contributed by atoms with Crippen LogP contribution in [-0.4, -0.2) is 27.9 Å². The van der Waals surface area contributed by atoms with Crippen LogP contribution in [0.25, 0.3) is 11.5 Å². The molecule has 1 heterocycles. The van der Waals surface area contributed by atoms with E-state index in [1.165, 1.54) is 42.1 Å². The molecule has 176 valence electrons. The number of aryl methyl sites for hydroxylation is 1. The molecule has 0 saturated heterocycles. The summed E-state index contributed by atoms with van der Waals surface area (Å²) in [5.74, 6) is -0.299. The zero-order chi connectivity index (χ0) is 24.9. The van der Waals surface area contributed by atoms with Gasteiger partial charge < -0.3 is 9.15 Å². The van der Waals surface area contributed by atoms with Crippen molar-refractivity contribution in [3.05, 3.63) is 111 Å². The monoisotopic (exact) mass is 488 g/mol. The molecule has 0 bridgehead atoms. The summed E-state index contributed by atoms with van der Waals surface area (Å²) in [4.78, 5) is 41.8. The van der Waals surface area contributed by atoms with Crippen LogP contribution in [0.5, 0.6) is 0 Å². The van der Waals surface area contributed by atoms with Crippen LogP contribution in [0.3, 0.4) is 0 Å². The molecule has 0 unspecified atom stereocenters. The SMILES string of the molecule is CSc1ccc(C(=O)c2ccccc2C(=O)OCc2nc(-c3ccccc3)oc2C)cc1[N+](=O)[O-]. The van der Waals surface area contributed by atoms with Gasteiger partial charge in [-0.05, 0) is 43.5 Å². The van der Waals surface area contributed by atoms with Gasteiger partial charge in [-0.2, -0.15) is 0 Å². The minimum Gasteiger partial charge on any atom is -0.455 e. The van der Waals surface area contributed by atoms with Crippen molar-refractivity contribution in [2.45, 2.75) is 18.4 Å². The van der Waals surface area contributed by atoms with Crippen LogP contribution >= 0.6 is 11.8 Å². The van der Waals surface area contributed by atoms with Gasteiger partial charge in [0, 0.05) is 22.8 Å². The number of thioether (sulfide) groups is 1. The highest BCUT2D eigenvalue weighted by Crippen LogP contribution is 2.29. The maximum absolute atomic E-state index is 13.2. The predicted molar refractivity (Wildman–Crippen MR) is 131 cm³/mol. The van der Waals surface area contributed by atoms with E-state index in [0.717, 1.165) is 5.56 Å². The van der Waals surface area contributed by atoms with Gasteiger partial charge in [-0.15, -0.1) is 11.8 Å². The Hall–Kier alpha value is -4.24. The van der Waals surface area contributed by atoms with Crippen molar-refractivity contribution < 1.29 is 23.7 Å². The van der Waals surface area contributed by atoms with Gasteiger partial charge in [0.25, 0.3) is 5.69 Å². The fourth-order valence-corrected chi connectivity index (χ4v) is 4.01. The van der Waals surface area contributed by atoms with E-state index in [1.54, 1.807) is 25.3 Å². The summed E-state index contributed by atoms with van der Waals surface area (Å²) < 4.78 is 11.1. The maximum Gasteiger partial charge on any atom is 0.339 e. The van der Waals surface area contributed by atoms with Crippen molar-refractivity contribution in [1.29, 1.82) is 0 Å². The van der Waals surface area contributed by atoms with Crippen molar-refractivity contribution >= 4 is 29.2 Å². The number of carbonyl (C=O) groups excluding carboxylic acids is 2. The second kappa shape index (κ2) is 10.4. The van der Waals surface area contributed by atoms with E-state index < -0.39 is 16.7 Å². The molecule has 0 aliphatic rings. The summed E-state index contributed by atoms with van der Waals surface area (Å²) in [7, 11) is 0. The molecule has 0 amide bonds. The van der Waals surface area contributed by atoms with Crippen molar-refractivity contribution in [3.63, 3.8) is 0 Å².